The second kappa shape index (κ2) is 11.5. The highest BCUT2D eigenvalue weighted by Crippen LogP contribution is 2.38. The molecule has 0 aliphatic heterocycles. The van der Waals surface area contributed by atoms with E-state index in [1.54, 1.807) is 18.2 Å². The van der Waals surface area contributed by atoms with E-state index in [1.807, 2.05) is 0 Å². The van der Waals surface area contributed by atoms with Crippen molar-refractivity contribution < 1.29 is 19.0 Å². The van der Waals surface area contributed by atoms with Gasteiger partial charge in [0.15, 0.2) is 16.6 Å². The van der Waals surface area contributed by atoms with Crippen molar-refractivity contribution in [3.63, 3.8) is 0 Å². The quantitative estimate of drug-likeness (QED) is 0.236. The fraction of sp³-hybridized carbons (Fsp3) is 0.263. The number of halogens is 5. The molecular weight excluding hydrogens is 544 g/mol. The molecule has 7 nitrogen and oxygen atoms in total. The summed E-state index contributed by atoms with van der Waals surface area (Å²) in [6, 6.07) is 7.72. The molecule has 0 saturated carbocycles. The molecular formula is C19H18Cl5N3O4S. The fourth-order valence-electron chi connectivity index (χ4n) is 2.50. The van der Waals surface area contributed by atoms with E-state index in [9.17, 15) is 4.79 Å². The number of amides is 1. The van der Waals surface area contributed by atoms with Gasteiger partial charge in [-0.15, -0.1) is 0 Å². The fourth-order valence-corrected chi connectivity index (χ4v) is 3.36. The van der Waals surface area contributed by atoms with Crippen LogP contribution in [-0.4, -0.2) is 42.3 Å². The molecule has 32 heavy (non-hydrogen) atoms. The molecule has 0 aliphatic rings. The summed E-state index contributed by atoms with van der Waals surface area (Å²) in [6.45, 7) is 0. The minimum atomic E-state index is -1.96. The molecule has 2 aromatic carbocycles. The number of methoxy groups -OCH3 is 3. The summed E-state index contributed by atoms with van der Waals surface area (Å²) in [5.74, 6) is 0.305. The number of anilines is 1. The lowest BCUT2D eigenvalue weighted by Crippen LogP contribution is -2.56. The number of ether oxygens (including phenoxy) is 3. The van der Waals surface area contributed by atoms with Crippen LogP contribution in [0.1, 0.15) is 10.4 Å². The van der Waals surface area contributed by atoms with Gasteiger partial charge in [0, 0.05) is 11.3 Å². The lowest BCUT2D eigenvalue weighted by Gasteiger charge is -2.28. The average molecular weight is 562 g/mol. The van der Waals surface area contributed by atoms with E-state index in [1.165, 1.54) is 33.5 Å². The zero-order chi connectivity index (χ0) is 24.1. The van der Waals surface area contributed by atoms with Gasteiger partial charge >= 0.3 is 0 Å². The first-order valence-electron chi connectivity index (χ1n) is 8.70. The van der Waals surface area contributed by atoms with Gasteiger partial charge in [0.1, 0.15) is 6.17 Å². The third-order valence-corrected chi connectivity index (χ3v) is 5.60. The van der Waals surface area contributed by atoms with Crippen molar-refractivity contribution in [2.24, 2.45) is 0 Å². The summed E-state index contributed by atoms with van der Waals surface area (Å²) in [5.41, 5.74) is 0.708. The second-order valence-electron chi connectivity index (χ2n) is 6.09. The Hall–Kier alpha value is -1.55. The number of nitrogens with one attached hydrogen (secondary N) is 3. The van der Waals surface area contributed by atoms with Crippen LogP contribution >= 0.6 is 70.2 Å². The van der Waals surface area contributed by atoms with Gasteiger partial charge in [-0.25, -0.2) is 0 Å². The molecule has 174 valence electrons. The van der Waals surface area contributed by atoms with Gasteiger partial charge in [-0.05, 0) is 42.5 Å². The molecule has 3 N–H and O–H groups in total. The molecule has 1 amide bonds. The first kappa shape index (κ1) is 26.7. The zero-order valence-electron chi connectivity index (χ0n) is 16.9. The van der Waals surface area contributed by atoms with Gasteiger partial charge in [0.25, 0.3) is 5.91 Å². The van der Waals surface area contributed by atoms with Crippen LogP contribution in [-0.2, 0) is 0 Å². The van der Waals surface area contributed by atoms with Crippen molar-refractivity contribution in [3.05, 3.63) is 45.9 Å². The van der Waals surface area contributed by atoms with E-state index < -0.39 is 15.9 Å². The van der Waals surface area contributed by atoms with Crippen LogP contribution in [0, 0.1) is 0 Å². The number of benzene rings is 2. The van der Waals surface area contributed by atoms with Crippen LogP contribution in [0.15, 0.2) is 30.3 Å². The highest BCUT2D eigenvalue weighted by molar-refractivity contribution is 7.80. The van der Waals surface area contributed by atoms with Gasteiger partial charge in [-0.3, -0.25) is 4.79 Å². The molecule has 0 unspecified atom stereocenters. The number of alkyl halides is 3. The Morgan fingerprint density at radius 1 is 0.938 bits per heavy atom. The zero-order valence-corrected chi connectivity index (χ0v) is 21.5. The summed E-state index contributed by atoms with van der Waals surface area (Å²) in [4.78, 5) is 12.9. The van der Waals surface area contributed by atoms with E-state index in [0.717, 1.165) is 0 Å². The maximum atomic E-state index is 12.9. The van der Waals surface area contributed by atoms with Crippen molar-refractivity contribution >= 4 is 86.9 Å². The molecule has 2 rings (SSSR count). The topological polar surface area (TPSA) is 80.9 Å². The largest absolute Gasteiger partial charge is 0.493 e. The number of rotatable bonds is 7. The predicted octanol–water partition coefficient (Wildman–Crippen LogP) is 5.43. The molecule has 0 bridgehead atoms. The SMILES string of the molecule is COc1cc(C(=O)N[C@@H](NC(=S)Nc2ccc(Cl)c(Cl)c2)C(Cl)(Cl)Cl)cc(OC)c1OC. The molecule has 0 saturated heterocycles. The second-order valence-corrected chi connectivity index (χ2v) is 9.68. The summed E-state index contributed by atoms with van der Waals surface area (Å²) in [5, 5.41) is 8.97. The summed E-state index contributed by atoms with van der Waals surface area (Å²) < 4.78 is 13.8. The van der Waals surface area contributed by atoms with E-state index in [0.29, 0.717) is 21.5 Å². The van der Waals surface area contributed by atoms with Crippen LogP contribution in [0.25, 0.3) is 0 Å². The van der Waals surface area contributed by atoms with Crippen molar-refractivity contribution in [3.8, 4) is 17.2 Å². The smallest absolute Gasteiger partial charge is 0.253 e. The molecule has 0 aromatic heterocycles. The molecule has 0 aliphatic carbocycles. The van der Waals surface area contributed by atoms with Crippen molar-refractivity contribution in [2.45, 2.75) is 9.96 Å². The first-order valence-corrected chi connectivity index (χ1v) is 11.0. The van der Waals surface area contributed by atoms with Crippen LogP contribution in [0.2, 0.25) is 10.0 Å². The van der Waals surface area contributed by atoms with E-state index in [2.05, 4.69) is 16.0 Å². The Balaban J connectivity index is 2.21. The minimum Gasteiger partial charge on any atom is -0.493 e. The van der Waals surface area contributed by atoms with Crippen molar-refractivity contribution in [1.29, 1.82) is 0 Å². The molecule has 0 fully saturated rings. The van der Waals surface area contributed by atoms with Crippen LogP contribution in [0.3, 0.4) is 0 Å². The third-order valence-electron chi connectivity index (χ3n) is 3.98. The first-order chi connectivity index (χ1) is 15.0. The third kappa shape index (κ3) is 6.97. The Bertz CT molecular complexity index is 978. The number of carbonyl (C=O) groups is 1. The Morgan fingerprint density at radius 2 is 1.53 bits per heavy atom. The van der Waals surface area contributed by atoms with Crippen molar-refractivity contribution in [1.82, 2.24) is 10.6 Å². The molecule has 2 aromatic rings. The van der Waals surface area contributed by atoms with E-state index in [4.69, 9.17) is 84.4 Å². The average Bonchev–Trinajstić information content (AvgIpc) is 2.73. The number of hydrogen-bond acceptors (Lipinski definition) is 5. The highest BCUT2D eigenvalue weighted by Gasteiger charge is 2.35. The lowest BCUT2D eigenvalue weighted by molar-refractivity contribution is 0.0933. The maximum Gasteiger partial charge on any atom is 0.253 e. The van der Waals surface area contributed by atoms with E-state index in [-0.39, 0.29) is 22.2 Å². The lowest BCUT2D eigenvalue weighted by atomic mass is 10.1. The normalized spacial score (nSPS) is 11.9. The van der Waals surface area contributed by atoms with Gasteiger partial charge in [-0.1, -0.05) is 58.0 Å². The molecule has 0 heterocycles. The van der Waals surface area contributed by atoms with E-state index >= 15 is 0 Å². The standard InChI is InChI=1S/C19H18Cl5N3O4S/c1-29-13-6-9(7-14(30-2)15(13)31-3)16(28)26-17(19(22,23)24)27-18(32)25-10-4-5-11(20)12(21)8-10/h4-8,17H,1-3H3,(H,26,28)(H2,25,27,32)/t17-/m0/s1. The van der Waals surface area contributed by atoms with Gasteiger partial charge in [0.05, 0.1) is 31.4 Å². The highest BCUT2D eigenvalue weighted by atomic mass is 35.6. The maximum absolute atomic E-state index is 12.9. The number of carbonyl (C=O) groups excluding carboxylic acids is 1. The Labute approximate surface area is 215 Å². The van der Waals surface area contributed by atoms with Gasteiger partial charge < -0.3 is 30.2 Å². The minimum absolute atomic E-state index is 0.0601. The Morgan fingerprint density at radius 3 is 2.00 bits per heavy atom. The van der Waals surface area contributed by atoms with Gasteiger partial charge in [-0.2, -0.15) is 0 Å². The van der Waals surface area contributed by atoms with Gasteiger partial charge in [0.2, 0.25) is 9.54 Å². The number of thiocarbonyl (C=S) groups is 1. The summed E-state index contributed by atoms with van der Waals surface area (Å²) >= 11 is 35.3. The summed E-state index contributed by atoms with van der Waals surface area (Å²) in [6.07, 6.45) is -1.21. The predicted molar refractivity (Wildman–Crippen MR) is 133 cm³/mol. The van der Waals surface area contributed by atoms with Crippen LogP contribution < -0.4 is 30.2 Å². The van der Waals surface area contributed by atoms with Crippen LogP contribution in [0.4, 0.5) is 5.69 Å². The van der Waals surface area contributed by atoms with Crippen LogP contribution in [0.5, 0.6) is 17.2 Å². The number of hydrogen-bond donors (Lipinski definition) is 3. The monoisotopic (exact) mass is 559 g/mol. The molecule has 1 atom stereocenters. The Kier molecular flexibility index (Phi) is 9.63. The summed E-state index contributed by atoms with van der Waals surface area (Å²) in [7, 11) is 4.31. The molecule has 0 radical (unpaired) electrons. The molecule has 0 spiro atoms. The molecule has 13 heteroatoms. The van der Waals surface area contributed by atoms with Crippen molar-refractivity contribution in [2.75, 3.05) is 26.6 Å².